The van der Waals surface area contributed by atoms with E-state index in [1.807, 2.05) is 30.3 Å². The van der Waals surface area contributed by atoms with Gasteiger partial charge in [0.2, 0.25) is 0 Å². The van der Waals surface area contributed by atoms with E-state index in [4.69, 9.17) is 0 Å². The van der Waals surface area contributed by atoms with Gasteiger partial charge in [-0.15, -0.1) is 0 Å². The molecule has 2 N–H and O–H groups in total. The van der Waals surface area contributed by atoms with Crippen molar-refractivity contribution < 1.29 is 15.0 Å². The van der Waals surface area contributed by atoms with E-state index in [0.29, 0.717) is 12.3 Å². The van der Waals surface area contributed by atoms with Crippen LogP contribution >= 0.6 is 0 Å². The van der Waals surface area contributed by atoms with Gasteiger partial charge >= 0.3 is 5.97 Å². The van der Waals surface area contributed by atoms with Gasteiger partial charge in [-0.05, 0) is 43.1 Å². The molecule has 1 aromatic carbocycles. The first-order valence-corrected chi connectivity index (χ1v) is 6.61. The van der Waals surface area contributed by atoms with Crippen LogP contribution in [0, 0.1) is 11.8 Å². The Balaban J connectivity index is 1.98. The highest BCUT2D eigenvalue weighted by atomic mass is 16.4. The first kappa shape index (κ1) is 11.7. The predicted molar refractivity (Wildman–Crippen MR) is 67.2 cm³/mol. The number of carbonyl (C=O) groups is 1. The van der Waals surface area contributed by atoms with E-state index < -0.39 is 17.5 Å². The van der Waals surface area contributed by atoms with Crippen molar-refractivity contribution in [1.29, 1.82) is 0 Å². The first-order chi connectivity index (χ1) is 8.61. The second-order valence-corrected chi connectivity index (χ2v) is 5.75. The summed E-state index contributed by atoms with van der Waals surface area (Å²) in [6.07, 6.45) is 3.75. The summed E-state index contributed by atoms with van der Waals surface area (Å²) in [5.41, 5.74) is -0.323. The molecule has 4 atom stereocenters. The SMILES string of the molecule is O=C(O)[C@H](c1ccccc1)[C@@]1(O)C[C@@H]2CC[C@@H]1C2. The maximum absolute atomic E-state index is 11.6. The minimum absolute atomic E-state index is 0.156. The number of fused-ring (bicyclic) bond motifs is 2. The van der Waals surface area contributed by atoms with Crippen LogP contribution < -0.4 is 0 Å². The molecule has 2 aliphatic carbocycles. The monoisotopic (exact) mass is 246 g/mol. The maximum Gasteiger partial charge on any atom is 0.313 e. The van der Waals surface area contributed by atoms with E-state index in [0.717, 1.165) is 24.8 Å². The normalized spacial score (nSPS) is 35.6. The van der Waals surface area contributed by atoms with Crippen molar-refractivity contribution in [2.45, 2.75) is 37.2 Å². The van der Waals surface area contributed by atoms with Crippen molar-refractivity contribution in [3.63, 3.8) is 0 Å². The summed E-state index contributed by atoms with van der Waals surface area (Å²) >= 11 is 0. The molecule has 96 valence electrons. The molecule has 3 rings (SSSR count). The largest absolute Gasteiger partial charge is 0.481 e. The lowest BCUT2D eigenvalue weighted by Crippen LogP contribution is -2.45. The third-order valence-corrected chi connectivity index (χ3v) is 4.74. The van der Waals surface area contributed by atoms with E-state index in [2.05, 4.69) is 0 Å². The zero-order chi connectivity index (χ0) is 12.8. The van der Waals surface area contributed by atoms with Crippen LogP contribution in [0.4, 0.5) is 0 Å². The van der Waals surface area contributed by atoms with Crippen molar-refractivity contribution in [2.24, 2.45) is 11.8 Å². The first-order valence-electron chi connectivity index (χ1n) is 6.61. The molecule has 2 saturated carbocycles. The van der Waals surface area contributed by atoms with Gasteiger partial charge in [0.05, 0.1) is 5.60 Å². The summed E-state index contributed by atoms with van der Waals surface area (Å²) in [5.74, 6) is -1.01. The van der Waals surface area contributed by atoms with Crippen LogP contribution in [0.25, 0.3) is 0 Å². The molecule has 2 aliphatic rings. The number of rotatable bonds is 3. The van der Waals surface area contributed by atoms with Gasteiger partial charge in [-0.2, -0.15) is 0 Å². The fraction of sp³-hybridized carbons (Fsp3) is 0.533. The molecule has 2 bridgehead atoms. The van der Waals surface area contributed by atoms with Gasteiger partial charge in [0.25, 0.3) is 0 Å². The number of benzene rings is 1. The van der Waals surface area contributed by atoms with Crippen LogP contribution in [0.5, 0.6) is 0 Å². The second kappa shape index (κ2) is 4.09. The summed E-state index contributed by atoms with van der Waals surface area (Å²) < 4.78 is 0. The van der Waals surface area contributed by atoms with Crippen molar-refractivity contribution in [3.8, 4) is 0 Å². The number of carboxylic acids is 1. The van der Waals surface area contributed by atoms with Crippen LogP contribution in [0.15, 0.2) is 30.3 Å². The van der Waals surface area contributed by atoms with E-state index >= 15 is 0 Å². The predicted octanol–water partition coefficient (Wildman–Crippen LogP) is 2.41. The lowest BCUT2D eigenvalue weighted by atomic mass is 9.72. The summed E-state index contributed by atoms with van der Waals surface area (Å²) in [6.45, 7) is 0. The van der Waals surface area contributed by atoms with Gasteiger partial charge in [0.15, 0.2) is 0 Å². The lowest BCUT2D eigenvalue weighted by molar-refractivity contribution is -0.149. The van der Waals surface area contributed by atoms with Gasteiger partial charge in [-0.3, -0.25) is 4.79 Å². The van der Waals surface area contributed by atoms with Crippen LogP contribution in [0.2, 0.25) is 0 Å². The summed E-state index contributed by atoms with van der Waals surface area (Å²) in [5, 5.41) is 20.4. The van der Waals surface area contributed by atoms with Crippen LogP contribution in [-0.4, -0.2) is 21.8 Å². The van der Waals surface area contributed by atoms with Gasteiger partial charge in [0, 0.05) is 0 Å². The average molecular weight is 246 g/mol. The summed E-state index contributed by atoms with van der Waals surface area (Å²) in [6, 6.07) is 9.16. The van der Waals surface area contributed by atoms with Crippen molar-refractivity contribution >= 4 is 5.97 Å². The number of aliphatic hydroxyl groups is 1. The zero-order valence-electron chi connectivity index (χ0n) is 10.2. The average Bonchev–Trinajstić information content (AvgIpc) is 2.89. The number of hydrogen-bond donors (Lipinski definition) is 2. The summed E-state index contributed by atoms with van der Waals surface area (Å²) in [7, 11) is 0. The Kier molecular flexibility index (Phi) is 2.67. The minimum Gasteiger partial charge on any atom is -0.481 e. The smallest absolute Gasteiger partial charge is 0.313 e. The Morgan fingerprint density at radius 2 is 2.00 bits per heavy atom. The number of hydrogen-bond acceptors (Lipinski definition) is 2. The molecule has 0 saturated heterocycles. The zero-order valence-corrected chi connectivity index (χ0v) is 10.2. The van der Waals surface area contributed by atoms with Crippen LogP contribution in [0.1, 0.15) is 37.2 Å². The highest BCUT2D eigenvalue weighted by molar-refractivity contribution is 5.78. The Hall–Kier alpha value is -1.35. The van der Waals surface area contributed by atoms with Gasteiger partial charge in [-0.1, -0.05) is 30.3 Å². The molecule has 0 amide bonds. The molecule has 3 heteroatoms. The standard InChI is InChI=1S/C15H18O3/c16-14(17)13(11-4-2-1-3-5-11)15(18)9-10-6-7-12(15)8-10/h1-5,10,12-13,18H,6-9H2,(H,16,17)/t10-,12-,13+,15-/m1/s1. The van der Waals surface area contributed by atoms with Gasteiger partial charge in [0.1, 0.15) is 5.92 Å². The molecule has 3 nitrogen and oxygen atoms in total. The van der Waals surface area contributed by atoms with E-state index in [1.54, 1.807) is 0 Å². The molecular formula is C15H18O3. The van der Waals surface area contributed by atoms with Crippen molar-refractivity contribution in [2.75, 3.05) is 0 Å². The van der Waals surface area contributed by atoms with E-state index in [-0.39, 0.29) is 5.92 Å². The lowest BCUT2D eigenvalue weighted by Gasteiger charge is -2.37. The third-order valence-electron chi connectivity index (χ3n) is 4.74. The summed E-state index contributed by atoms with van der Waals surface area (Å²) in [4.78, 5) is 11.6. The molecule has 0 aromatic heterocycles. The third kappa shape index (κ3) is 1.65. The minimum atomic E-state index is -1.05. The number of aliphatic carboxylic acids is 1. The van der Waals surface area contributed by atoms with E-state index in [1.165, 1.54) is 0 Å². The van der Waals surface area contributed by atoms with Crippen LogP contribution in [-0.2, 0) is 4.79 Å². The quantitative estimate of drug-likeness (QED) is 0.861. The molecule has 0 radical (unpaired) electrons. The molecule has 1 aromatic rings. The van der Waals surface area contributed by atoms with Gasteiger partial charge in [-0.25, -0.2) is 0 Å². The Labute approximate surface area is 106 Å². The molecule has 18 heavy (non-hydrogen) atoms. The van der Waals surface area contributed by atoms with E-state index in [9.17, 15) is 15.0 Å². The molecule has 0 heterocycles. The Bertz CT molecular complexity index is 456. The second-order valence-electron chi connectivity index (χ2n) is 5.75. The Morgan fingerprint density at radius 3 is 2.50 bits per heavy atom. The van der Waals surface area contributed by atoms with Crippen molar-refractivity contribution in [3.05, 3.63) is 35.9 Å². The van der Waals surface area contributed by atoms with Crippen molar-refractivity contribution in [1.82, 2.24) is 0 Å². The fourth-order valence-corrected chi connectivity index (χ4v) is 3.99. The van der Waals surface area contributed by atoms with Gasteiger partial charge < -0.3 is 10.2 Å². The highest BCUT2D eigenvalue weighted by Crippen LogP contribution is 2.55. The molecule has 0 unspecified atom stereocenters. The highest BCUT2D eigenvalue weighted by Gasteiger charge is 2.56. The molecule has 0 spiro atoms. The fourth-order valence-electron chi connectivity index (χ4n) is 3.99. The Morgan fingerprint density at radius 1 is 1.28 bits per heavy atom. The van der Waals surface area contributed by atoms with Crippen LogP contribution in [0.3, 0.4) is 0 Å². The molecule has 0 aliphatic heterocycles. The number of carboxylic acid groups (broad SMARTS) is 1. The maximum atomic E-state index is 11.6. The molecule has 2 fully saturated rings. The molecular weight excluding hydrogens is 228 g/mol. The topological polar surface area (TPSA) is 57.5 Å².